The number of halogens is 1. The maximum Gasteiger partial charge on any atom is 0.224 e. The number of nitrogens with zero attached hydrogens (tertiary/aromatic N) is 1. The largest absolute Gasteiger partial charge is 0.356 e. The highest BCUT2D eigenvalue weighted by molar-refractivity contribution is 5.85. The van der Waals surface area contributed by atoms with Gasteiger partial charge in [0, 0.05) is 32.6 Å². The molecule has 1 saturated heterocycles. The lowest BCUT2D eigenvalue weighted by Crippen LogP contribution is -2.33. The summed E-state index contributed by atoms with van der Waals surface area (Å²) in [6.45, 7) is 3.72. The molecular formula is C17H24ClN3O2. The van der Waals surface area contributed by atoms with Gasteiger partial charge in [0.25, 0.3) is 0 Å². The molecule has 0 aromatic heterocycles. The van der Waals surface area contributed by atoms with Crippen LogP contribution < -0.4 is 10.6 Å². The van der Waals surface area contributed by atoms with E-state index in [-0.39, 0.29) is 30.1 Å². The maximum atomic E-state index is 12.2. The van der Waals surface area contributed by atoms with Gasteiger partial charge < -0.3 is 15.5 Å². The summed E-state index contributed by atoms with van der Waals surface area (Å²) in [7, 11) is 0. The van der Waals surface area contributed by atoms with Crippen molar-refractivity contribution < 1.29 is 9.59 Å². The van der Waals surface area contributed by atoms with Gasteiger partial charge in [-0.05, 0) is 30.5 Å². The lowest BCUT2D eigenvalue weighted by atomic mass is 10.1. The molecule has 1 unspecified atom stereocenters. The van der Waals surface area contributed by atoms with Crippen molar-refractivity contribution in [2.45, 2.75) is 32.4 Å². The van der Waals surface area contributed by atoms with Crippen molar-refractivity contribution in [2.75, 3.05) is 19.6 Å². The van der Waals surface area contributed by atoms with E-state index in [4.69, 9.17) is 0 Å². The van der Waals surface area contributed by atoms with Crippen LogP contribution >= 0.6 is 12.4 Å². The second-order valence-corrected chi connectivity index (χ2v) is 6.10. The normalized spacial score (nSPS) is 19.1. The van der Waals surface area contributed by atoms with E-state index < -0.39 is 0 Å². The SMILES string of the molecule is Cl.O=C(NCCCC(=O)N1Cc2ccccc2C1)C1CCNC1. The molecule has 2 aliphatic heterocycles. The van der Waals surface area contributed by atoms with Gasteiger partial charge in [0.05, 0.1) is 5.92 Å². The zero-order valence-corrected chi connectivity index (χ0v) is 14.0. The average molecular weight is 338 g/mol. The average Bonchev–Trinajstić information content (AvgIpc) is 3.19. The molecule has 1 fully saturated rings. The molecule has 2 amide bonds. The molecule has 126 valence electrons. The molecule has 0 bridgehead atoms. The molecule has 2 aliphatic rings. The van der Waals surface area contributed by atoms with Crippen LogP contribution in [0, 0.1) is 5.92 Å². The number of hydrogen-bond donors (Lipinski definition) is 2. The molecule has 3 rings (SSSR count). The van der Waals surface area contributed by atoms with E-state index in [9.17, 15) is 9.59 Å². The van der Waals surface area contributed by atoms with Gasteiger partial charge in [-0.3, -0.25) is 9.59 Å². The highest BCUT2D eigenvalue weighted by Crippen LogP contribution is 2.22. The number of hydrogen-bond acceptors (Lipinski definition) is 3. The number of amides is 2. The van der Waals surface area contributed by atoms with Gasteiger partial charge in [0.15, 0.2) is 0 Å². The lowest BCUT2D eigenvalue weighted by Gasteiger charge is -2.15. The fraction of sp³-hybridized carbons (Fsp3) is 0.529. The van der Waals surface area contributed by atoms with Crippen LogP contribution in [0.4, 0.5) is 0 Å². The summed E-state index contributed by atoms with van der Waals surface area (Å²) in [6.07, 6.45) is 2.12. The zero-order chi connectivity index (χ0) is 15.4. The Balaban J connectivity index is 0.00000192. The van der Waals surface area contributed by atoms with E-state index in [1.165, 1.54) is 11.1 Å². The Hall–Kier alpha value is -1.59. The van der Waals surface area contributed by atoms with Crippen molar-refractivity contribution in [3.8, 4) is 0 Å². The third-order valence-electron chi connectivity index (χ3n) is 4.49. The molecule has 2 N–H and O–H groups in total. The summed E-state index contributed by atoms with van der Waals surface area (Å²) in [5.74, 6) is 0.391. The summed E-state index contributed by atoms with van der Waals surface area (Å²) < 4.78 is 0. The first-order valence-electron chi connectivity index (χ1n) is 8.07. The van der Waals surface area contributed by atoms with Gasteiger partial charge in [0.1, 0.15) is 0 Å². The Bertz CT molecular complexity index is 534. The van der Waals surface area contributed by atoms with E-state index in [1.54, 1.807) is 0 Å². The summed E-state index contributed by atoms with van der Waals surface area (Å²) >= 11 is 0. The molecule has 1 aromatic carbocycles. The molecule has 5 nitrogen and oxygen atoms in total. The van der Waals surface area contributed by atoms with Crippen molar-refractivity contribution in [2.24, 2.45) is 5.92 Å². The Morgan fingerprint density at radius 2 is 1.91 bits per heavy atom. The first-order valence-corrected chi connectivity index (χ1v) is 8.07. The third-order valence-corrected chi connectivity index (χ3v) is 4.49. The number of benzene rings is 1. The molecule has 1 atom stereocenters. The van der Waals surface area contributed by atoms with Crippen molar-refractivity contribution in [3.63, 3.8) is 0 Å². The summed E-state index contributed by atoms with van der Waals surface area (Å²) in [5.41, 5.74) is 2.50. The highest BCUT2D eigenvalue weighted by Gasteiger charge is 2.23. The van der Waals surface area contributed by atoms with Crippen LogP contribution in [0.1, 0.15) is 30.4 Å². The Kier molecular flexibility index (Phi) is 6.42. The summed E-state index contributed by atoms with van der Waals surface area (Å²) in [4.78, 5) is 26.0. The minimum atomic E-state index is 0. The topological polar surface area (TPSA) is 61.4 Å². The minimum Gasteiger partial charge on any atom is -0.356 e. The number of carbonyl (C=O) groups excluding carboxylic acids is 2. The molecular weight excluding hydrogens is 314 g/mol. The third kappa shape index (κ3) is 4.45. The second kappa shape index (κ2) is 8.31. The predicted octanol–water partition coefficient (Wildman–Crippen LogP) is 1.46. The van der Waals surface area contributed by atoms with Crippen LogP contribution in [0.5, 0.6) is 0 Å². The van der Waals surface area contributed by atoms with Crippen LogP contribution in [0.15, 0.2) is 24.3 Å². The number of nitrogens with one attached hydrogen (secondary N) is 2. The number of fused-ring (bicyclic) bond motifs is 1. The Morgan fingerprint density at radius 1 is 1.22 bits per heavy atom. The molecule has 0 radical (unpaired) electrons. The number of rotatable bonds is 5. The molecule has 0 spiro atoms. The van der Waals surface area contributed by atoms with Gasteiger partial charge in [0.2, 0.25) is 11.8 Å². The lowest BCUT2D eigenvalue weighted by molar-refractivity contribution is -0.132. The van der Waals surface area contributed by atoms with E-state index >= 15 is 0 Å². The van der Waals surface area contributed by atoms with Crippen LogP contribution in [0.2, 0.25) is 0 Å². The molecule has 0 aliphatic carbocycles. The molecule has 2 heterocycles. The minimum absolute atomic E-state index is 0. The van der Waals surface area contributed by atoms with Crippen LogP contribution in [0.3, 0.4) is 0 Å². The van der Waals surface area contributed by atoms with E-state index in [1.807, 2.05) is 17.0 Å². The summed E-state index contributed by atoms with van der Waals surface area (Å²) in [6, 6.07) is 8.19. The van der Waals surface area contributed by atoms with Crippen molar-refractivity contribution >= 4 is 24.2 Å². The Labute approximate surface area is 143 Å². The van der Waals surface area contributed by atoms with E-state index in [2.05, 4.69) is 22.8 Å². The van der Waals surface area contributed by atoms with Crippen LogP contribution in [0.25, 0.3) is 0 Å². The molecule has 0 saturated carbocycles. The second-order valence-electron chi connectivity index (χ2n) is 6.10. The number of carbonyl (C=O) groups is 2. The fourth-order valence-electron chi connectivity index (χ4n) is 3.14. The predicted molar refractivity (Wildman–Crippen MR) is 91.2 cm³/mol. The highest BCUT2D eigenvalue weighted by atomic mass is 35.5. The van der Waals surface area contributed by atoms with Gasteiger partial charge in [-0.25, -0.2) is 0 Å². The van der Waals surface area contributed by atoms with Crippen LogP contribution in [-0.4, -0.2) is 36.3 Å². The monoisotopic (exact) mass is 337 g/mol. The van der Waals surface area contributed by atoms with Gasteiger partial charge in [-0.2, -0.15) is 0 Å². The first-order chi connectivity index (χ1) is 10.7. The fourth-order valence-corrected chi connectivity index (χ4v) is 3.14. The first kappa shape index (κ1) is 17.8. The molecule has 1 aromatic rings. The zero-order valence-electron chi connectivity index (χ0n) is 13.2. The molecule has 23 heavy (non-hydrogen) atoms. The van der Waals surface area contributed by atoms with Crippen molar-refractivity contribution in [1.29, 1.82) is 0 Å². The van der Waals surface area contributed by atoms with Crippen molar-refractivity contribution in [3.05, 3.63) is 35.4 Å². The smallest absolute Gasteiger partial charge is 0.224 e. The van der Waals surface area contributed by atoms with Crippen molar-refractivity contribution in [1.82, 2.24) is 15.5 Å². The van der Waals surface area contributed by atoms with E-state index in [0.29, 0.717) is 19.4 Å². The van der Waals surface area contributed by atoms with Gasteiger partial charge in [-0.15, -0.1) is 12.4 Å². The van der Waals surface area contributed by atoms with Gasteiger partial charge >= 0.3 is 0 Å². The standard InChI is InChI=1S/C17H23N3O2.ClH/c21-16(20-11-14-4-1-2-5-15(14)12-20)6-3-8-19-17(22)13-7-9-18-10-13;/h1-2,4-5,13,18H,3,6-12H2,(H,19,22);1H. The van der Waals surface area contributed by atoms with E-state index in [0.717, 1.165) is 32.6 Å². The maximum absolute atomic E-state index is 12.2. The Morgan fingerprint density at radius 3 is 2.52 bits per heavy atom. The molecule has 6 heteroatoms. The van der Waals surface area contributed by atoms with Gasteiger partial charge in [-0.1, -0.05) is 24.3 Å². The van der Waals surface area contributed by atoms with Crippen LogP contribution in [-0.2, 0) is 22.7 Å². The quantitative estimate of drug-likeness (QED) is 0.800. The summed E-state index contributed by atoms with van der Waals surface area (Å²) in [5, 5.41) is 6.12.